The molecular formula is C20H22N4O. The summed E-state index contributed by atoms with van der Waals surface area (Å²) in [5.74, 6) is 3.50. The number of ether oxygens (including phenoxy) is 1. The van der Waals surface area contributed by atoms with Gasteiger partial charge in [-0.1, -0.05) is 18.2 Å². The van der Waals surface area contributed by atoms with Gasteiger partial charge in [-0.15, -0.1) is 5.10 Å². The Hall–Kier alpha value is -2.19. The molecule has 2 aromatic rings. The summed E-state index contributed by atoms with van der Waals surface area (Å²) in [5, 5.41) is 19.7. The highest BCUT2D eigenvalue weighted by atomic mass is 16.5. The van der Waals surface area contributed by atoms with Crippen LogP contribution in [-0.2, 0) is 11.3 Å². The van der Waals surface area contributed by atoms with Gasteiger partial charge < -0.3 is 4.74 Å². The maximum atomic E-state index is 9.13. The van der Waals surface area contributed by atoms with Crippen molar-refractivity contribution in [2.75, 3.05) is 0 Å². The first-order chi connectivity index (χ1) is 12.3. The summed E-state index contributed by atoms with van der Waals surface area (Å²) in [4.78, 5) is 0. The second kappa shape index (κ2) is 5.96. The van der Waals surface area contributed by atoms with Gasteiger partial charge in [0.05, 0.1) is 12.7 Å². The molecule has 6 rings (SSSR count). The third kappa shape index (κ3) is 2.65. The first-order valence-electron chi connectivity index (χ1n) is 9.32. The minimum Gasteiger partial charge on any atom is -0.373 e. The molecule has 5 nitrogen and oxygen atoms in total. The Morgan fingerprint density at radius 1 is 1.08 bits per heavy atom. The highest BCUT2D eigenvalue weighted by molar-refractivity contribution is 5.64. The molecule has 1 aromatic heterocycles. The molecule has 0 amide bonds. The molecule has 25 heavy (non-hydrogen) atoms. The minimum atomic E-state index is 0.333. The van der Waals surface area contributed by atoms with Gasteiger partial charge in [0.15, 0.2) is 5.69 Å². The first-order valence-corrected chi connectivity index (χ1v) is 9.32. The largest absolute Gasteiger partial charge is 0.373 e. The molecule has 0 unspecified atom stereocenters. The van der Waals surface area contributed by atoms with E-state index in [0.29, 0.717) is 24.1 Å². The molecule has 1 heterocycles. The average Bonchev–Trinajstić information content (AvgIpc) is 3.09. The van der Waals surface area contributed by atoms with Crippen molar-refractivity contribution in [1.82, 2.24) is 15.4 Å². The zero-order valence-electron chi connectivity index (χ0n) is 14.2. The second-order valence-corrected chi connectivity index (χ2v) is 8.04. The van der Waals surface area contributed by atoms with Gasteiger partial charge in [0.25, 0.3) is 0 Å². The topological polar surface area (TPSA) is 74.6 Å². The maximum Gasteiger partial charge on any atom is 0.190 e. The van der Waals surface area contributed by atoms with Gasteiger partial charge in [-0.3, -0.25) is 0 Å². The Balaban J connectivity index is 1.31. The Labute approximate surface area is 147 Å². The van der Waals surface area contributed by atoms with E-state index < -0.39 is 0 Å². The monoisotopic (exact) mass is 334 g/mol. The van der Waals surface area contributed by atoms with Crippen LogP contribution < -0.4 is 0 Å². The van der Waals surface area contributed by atoms with E-state index in [0.717, 1.165) is 34.8 Å². The second-order valence-electron chi connectivity index (χ2n) is 8.04. The van der Waals surface area contributed by atoms with Crippen LogP contribution in [0.5, 0.6) is 0 Å². The number of hydrogen-bond acceptors (Lipinski definition) is 4. The first kappa shape index (κ1) is 15.1. The maximum absolute atomic E-state index is 9.13. The molecule has 128 valence electrons. The van der Waals surface area contributed by atoms with Gasteiger partial charge in [0.1, 0.15) is 11.8 Å². The van der Waals surface area contributed by atoms with Crippen molar-refractivity contribution < 1.29 is 4.74 Å². The fourth-order valence-electron chi connectivity index (χ4n) is 5.66. The molecule has 0 saturated heterocycles. The molecule has 4 saturated carbocycles. The van der Waals surface area contributed by atoms with E-state index in [1.807, 2.05) is 12.1 Å². The lowest BCUT2D eigenvalue weighted by Gasteiger charge is -2.54. The number of nitrogens with one attached hydrogen (secondary N) is 1. The number of benzene rings is 1. The van der Waals surface area contributed by atoms with E-state index in [1.54, 1.807) is 0 Å². The summed E-state index contributed by atoms with van der Waals surface area (Å²) in [6.07, 6.45) is 7.42. The standard InChI is InChI=1S/C20H22N4O/c21-10-18-19(23-24-22-18)15-3-1-2-12(5-15)11-25-20-16-6-13-4-14(8-16)9-17(20)7-13/h1-3,5,13-14,16-17,20H,4,6-9,11H2,(H,22,23,24). The SMILES string of the molecule is N#Cc1n[nH]nc1-c1cccc(COC2C3CC4CC(C3)CC2C4)c1. The van der Waals surface area contributed by atoms with E-state index in [1.165, 1.54) is 32.1 Å². The quantitative estimate of drug-likeness (QED) is 0.925. The molecule has 4 bridgehead atoms. The van der Waals surface area contributed by atoms with Gasteiger partial charge >= 0.3 is 0 Å². The van der Waals surface area contributed by atoms with Crippen LogP contribution in [0.2, 0.25) is 0 Å². The van der Waals surface area contributed by atoms with Crippen molar-refractivity contribution in [3.63, 3.8) is 0 Å². The molecule has 1 N–H and O–H groups in total. The van der Waals surface area contributed by atoms with Gasteiger partial charge in [-0.2, -0.15) is 15.6 Å². The Morgan fingerprint density at radius 2 is 1.84 bits per heavy atom. The molecular weight excluding hydrogens is 312 g/mol. The van der Waals surface area contributed by atoms with Crippen molar-refractivity contribution >= 4 is 0 Å². The zero-order chi connectivity index (χ0) is 16.8. The number of H-pyrrole nitrogens is 1. The van der Waals surface area contributed by atoms with E-state index in [-0.39, 0.29) is 0 Å². The molecule has 0 aliphatic heterocycles. The highest BCUT2D eigenvalue weighted by Crippen LogP contribution is 2.54. The average molecular weight is 334 g/mol. The van der Waals surface area contributed by atoms with Gasteiger partial charge in [-0.05, 0) is 67.4 Å². The zero-order valence-corrected chi connectivity index (χ0v) is 14.2. The minimum absolute atomic E-state index is 0.333. The molecule has 4 aliphatic carbocycles. The number of aromatic nitrogens is 3. The van der Waals surface area contributed by atoms with Gasteiger partial charge in [0.2, 0.25) is 0 Å². The van der Waals surface area contributed by atoms with Crippen molar-refractivity contribution in [3.05, 3.63) is 35.5 Å². The van der Waals surface area contributed by atoms with E-state index >= 15 is 0 Å². The third-order valence-electron chi connectivity index (χ3n) is 6.44. The lowest BCUT2D eigenvalue weighted by molar-refractivity contribution is -0.131. The van der Waals surface area contributed by atoms with Crippen LogP contribution in [0, 0.1) is 35.0 Å². The van der Waals surface area contributed by atoms with E-state index in [9.17, 15) is 0 Å². The fourth-order valence-corrected chi connectivity index (χ4v) is 5.66. The van der Waals surface area contributed by atoms with Crippen molar-refractivity contribution in [2.24, 2.45) is 23.7 Å². The molecule has 4 aliphatic rings. The summed E-state index contributed by atoms with van der Waals surface area (Å²) >= 11 is 0. The summed E-state index contributed by atoms with van der Waals surface area (Å²) in [6, 6.07) is 10.2. The van der Waals surface area contributed by atoms with Crippen LogP contribution in [0.15, 0.2) is 24.3 Å². The lowest BCUT2D eigenvalue weighted by Crippen LogP contribution is -2.49. The summed E-state index contributed by atoms with van der Waals surface area (Å²) in [7, 11) is 0. The Morgan fingerprint density at radius 3 is 2.56 bits per heavy atom. The number of nitrogens with zero attached hydrogens (tertiary/aromatic N) is 3. The number of nitriles is 1. The van der Waals surface area contributed by atoms with E-state index in [2.05, 4.69) is 33.6 Å². The number of aromatic amines is 1. The van der Waals surface area contributed by atoms with E-state index in [4.69, 9.17) is 10.00 Å². The molecule has 0 radical (unpaired) electrons. The van der Waals surface area contributed by atoms with Crippen LogP contribution in [0.25, 0.3) is 11.3 Å². The van der Waals surface area contributed by atoms with Crippen molar-refractivity contribution in [2.45, 2.75) is 44.8 Å². The molecule has 0 atom stereocenters. The smallest absolute Gasteiger partial charge is 0.190 e. The van der Waals surface area contributed by atoms with Gasteiger partial charge in [-0.25, -0.2) is 0 Å². The highest BCUT2D eigenvalue weighted by Gasteiger charge is 2.48. The normalized spacial score (nSPS) is 32.7. The summed E-state index contributed by atoms with van der Waals surface area (Å²) < 4.78 is 6.42. The molecule has 4 fully saturated rings. The molecule has 1 aromatic carbocycles. The Bertz CT molecular complexity index is 793. The van der Waals surface area contributed by atoms with Crippen LogP contribution >= 0.6 is 0 Å². The number of rotatable bonds is 4. The van der Waals surface area contributed by atoms with Crippen LogP contribution in [0.1, 0.15) is 43.4 Å². The van der Waals surface area contributed by atoms with Crippen molar-refractivity contribution in [1.29, 1.82) is 5.26 Å². The summed E-state index contributed by atoms with van der Waals surface area (Å²) in [5.41, 5.74) is 2.99. The van der Waals surface area contributed by atoms with Crippen LogP contribution in [0.3, 0.4) is 0 Å². The molecule has 0 spiro atoms. The third-order valence-corrected chi connectivity index (χ3v) is 6.44. The summed E-state index contributed by atoms with van der Waals surface area (Å²) in [6.45, 7) is 0.639. The molecule has 5 heteroatoms. The predicted octanol–water partition coefficient (Wildman–Crippen LogP) is 3.68. The fraction of sp³-hybridized carbons (Fsp3) is 0.550. The van der Waals surface area contributed by atoms with Gasteiger partial charge in [0, 0.05) is 5.56 Å². The lowest BCUT2D eigenvalue weighted by atomic mass is 9.55. The predicted molar refractivity (Wildman–Crippen MR) is 92.2 cm³/mol. The van der Waals surface area contributed by atoms with Crippen molar-refractivity contribution in [3.8, 4) is 17.3 Å². The van der Waals surface area contributed by atoms with Crippen LogP contribution in [-0.4, -0.2) is 21.5 Å². The Kier molecular flexibility index (Phi) is 3.60. The van der Waals surface area contributed by atoms with Crippen LogP contribution in [0.4, 0.5) is 0 Å². The number of hydrogen-bond donors (Lipinski definition) is 1.